The van der Waals surface area contributed by atoms with Gasteiger partial charge in [-0.3, -0.25) is 9.89 Å². The molecule has 2 aromatic rings. The summed E-state index contributed by atoms with van der Waals surface area (Å²) >= 11 is 0. The van der Waals surface area contributed by atoms with Crippen LogP contribution in [-0.4, -0.2) is 19.8 Å². The number of H-pyrrole nitrogens is 1. The summed E-state index contributed by atoms with van der Waals surface area (Å²) < 4.78 is 1.15. The van der Waals surface area contributed by atoms with Gasteiger partial charge in [-0.05, 0) is 0 Å². The minimum atomic E-state index is -0.326. The van der Waals surface area contributed by atoms with Crippen LogP contribution in [-0.2, 0) is 0 Å². The molecule has 0 aliphatic carbocycles. The van der Waals surface area contributed by atoms with Gasteiger partial charge in [-0.25, -0.2) is 0 Å². The number of nitrogens with one attached hydrogen (secondary N) is 1. The molecule has 0 fully saturated rings. The van der Waals surface area contributed by atoms with E-state index in [1.807, 2.05) is 19.9 Å². The highest BCUT2D eigenvalue weighted by Crippen LogP contribution is 2.13. The lowest BCUT2D eigenvalue weighted by atomic mass is 10.1. The number of anilines is 1. The molecule has 2 aromatic heterocycles. The first-order valence-electron chi connectivity index (χ1n) is 4.73. The molecular formula is C9H10N6O. The zero-order valence-corrected chi connectivity index (χ0v) is 8.85. The minimum absolute atomic E-state index is 0.0352. The van der Waals surface area contributed by atoms with E-state index in [2.05, 4.69) is 15.3 Å². The maximum atomic E-state index is 11.9. The molecule has 0 unspecified atom stereocenters. The predicted molar refractivity (Wildman–Crippen MR) is 56.8 cm³/mol. The fourth-order valence-corrected chi connectivity index (χ4v) is 1.43. The predicted octanol–water partition coefficient (Wildman–Crippen LogP) is -0.00512. The average Bonchev–Trinajstić information content (AvgIpc) is 2.55. The molecular weight excluding hydrogens is 208 g/mol. The van der Waals surface area contributed by atoms with Crippen molar-refractivity contribution in [3.05, 3.63) is 21.6 Å². The number of nitrogens with two attached hydrogens (primary N) is 1. The first-order chi connectivity index (χ1) is 7.56. The summed E-state index contributed by atoms with van der Waals surface area (Å²) in [5, 5.41) is 19.1. The zero-order chi connectivity index (χ0) is 11.9. The van der Waals surface area contributed by atoms with Gasteiger partial charge in [0.1, 0.15) is 23.1 Å². The normalized spacial score (nSPS) is 10.9. The van der Waals surface area contributed by atoms with Gasteiger partial charge in [-0.2, -0.15) is 9.78 Å². The van der Waals surface area contributed by atoms with Crippen molar-refractivity contribution in [1.29, 1.82) is 5.26 Å². The van der Waals surface area contributed by atoms with E-state index in [1.165, 1.54) is 0 Å². The summed E-state index contributed by atoms with van der Waals surface area (Å²) in [5.74, 6) is 0.0850. The van der Waals surface area contributed by atoms with E-state index in [-0.39, 0.29) is 28.5 Å². The molecule has 0 aliphatic heterocycles. The van der Waals surface area contributed by atoms with Gasteiger partial charge in [-0.1, -0.05) is 13.8 Å². The van der Waals surface area contributed by atoms with Crippen molar-refractivity contribution in [2.24, 2.45) is 0 Å². The monoisotopic (exact) mass is 218 g/mol. The molecule has 3 N–H and O–H groups in total. The molecule has 0 atom stereocenters. The Morgan fingerprint density at radius 3 is 2.75 bits per heavy atom. The Balaban J connectivity index is 2.89. The number of hydrogen-bond donors (Lipinski definition) is 2. The molecule has 0 saturated heterocycles. The molecule has 16 heavy (non-hydrogen) atoms. The van der Waals surface area contributed by atoms with E-state index in [0.29, 0.717) is 5.69 Å². The largest absolute Gasteiger partial charge is 0.383 e. The van der Waals surface area contributed by atoms with Gasteiger partial charge in [0, 0.05) is 5.92 Å². The zero-order valence-electron chi connectivity index (χ0n) is 8.85. The smallest absolute Gasteiger partial charge is 0.295 e. The third-order valence-corrected chi connectivity index (χ3v) is 2.27. The Hall–Kier alpha value is -2.36. The maximum Gasteiger partial charge on any atom is 0.295 e. The molecule has 0 radical (unpaired) electrons. The number of hydrogen-bond acceptors (Lipinski definition) is 5. The van der Waals surface area contributed by atoms with Gasteiger partial charge < -0.3 is 5.73 Å². The Kier molecular flexibility index (Phi) is 2.12. The number of nitrogens with zero attached hydrogens (tertiary/aromatic N) is 4. The number of nitriles is 1. The molecule has 7 nitrogen and oxygen atoms in total. The second-order valence-corrected chi connectivity index (χ2v) is 3.72. The van der Waals surface area contributed by atoms with Crippen LogP contribution >= 0.6 is 0 Å². The van der Waals surface area contributed by atoms with Crippen LogP contribution in [0.3, 0.4) is 0 Å². The summed E-state index contributed by atoms with van der Waals surface area (Å²) in [6.07, 6.45) is 0. The summed E-state index contributed by atoms with van der Waals surface area (Å²) in [4.78, 5) is 11.9. The van der Waals surface area contributed by atoms with Crippen molar-refractivity contribution >= 4 is 11.5 Å². The van der Waals surface area contributed by atoms with Crippen LogP contribution in [0.25, 0.3) is 5.65 Å². The third-order valence-electron chi connectivity index (χ3n) is 2.27. The molecule has 7 heteroatoms. The second-order valence-electron chi connectivity index (χ2n) is 3.72. The first kappa shape index (κ1) is 10.2. The quantitative estimate of drug-likeness (QED) is 0.699. The van der Waals surface area contributed by atoms with E-state index in [1.54, 1.807) is 0 Å². The Bertz CT molecular complexity index is 644. The van der Waals surface area contributed by atoms with Crippen molar-refractivity contribution in [3.63, 3.8) is 0 Å². The fraction of sp³-hybridized carbons (Fsp3) is 0.333. The number of aromatic nitrogens is 4. The minimum Gasteiger partial charge on any atom is -0.383 e. The van der Waals surface area contributed by atoms with Crippen LogP contribution in [0.1, 0.15) is 31.0 Å². The Morgan fingerprint density at radius 1 is 1.50 bits per heavy atom. The van der Waals surface area contributed by atoms with Crippen LogP contribution in [0.15, 0.2) is 4.79 Å². The molecule has 82 valence electrons. The highest BCUT2D eigenvalue weighted by molar-refractivity contribution is 5.65. The summed E-state index contributed by atoms with van der Waals surface area (Å²) in [6, 6.07) is 1.88. The molecule has 0 bridgehead atoms. The van der Waals surface area contributed by atoms with Crippen LogP contribution in [0, 0.1) is 11.3 Å². The van der Waals surface area contributed by atoms with E-state index in [4.69, 9.17) is 11.0 Å². The highest BCUT2D eigenvalue weighted by atomic mass is 16.1. The summed E-state index contributed by atoms with van der Waals surface area (Å²) in [5.41, 5.74) is 5.86. The van der Waals surface area contributed by atoms with E-state index >= 15 is 0 Å². The lowest BCUT2D eigenvalue weighted by molar-refractivity contribution is 0.728. The summed E-state index contributed by atoms with van der Waals surface area (Å²) in [7, 11) is 0. The standard InChI is InChI=1S/C9H10N6O/c1-4(2)6-9(16)15-8(13-12-6)5(3-10)7(11)14-15/h4,14H,11H2,1-2H3. The molecule has 0 aromatic carbocycles. The van der Waals surface area contributed by atoms with E-state index in [9.17, 15) is 4.79 Å². The lowest BCUT2D eigenvalue weighted by Gasteiger charge is -2.01. The van der Waals surface area contributed by atoms with Gasteiger partial charge in [0.2, 0.25) is 0 Å². The average molecular weight is 218 g/mol. The maximum absolute atomic E-state index is 11.9. The van der Waals surface area contributed by atoms with Crippen LogP contribution in [0.2, 0.25) is 0 Å². The molecule has 0 aliphatic rings. The van der Waals surface area contributed by atoms with Crippen LogP contribution < -0.4 is 11.3 Å². The topological polar surface area (TPSA) is 113 Å². The van der Waals surface area contributed by atoms with E-state index < -0.39 is 0 Å². The van der Waals surface area contributed by atoms with Crippen molar-refractivity contribution in [2.75, 3.05) is 5.73 Å². The van der Waals surface area contributed by atoms with Gasteiger partial charge in [0.05, 0.1) is 0 Å². The van der Waals surface area contributed by atoms with Gasteiger partial charge >= 0.3 is 0 Å². The molecule has 2 heterocycles. The Morgan fingerprint density at radius 2 is 2.19 bits per heavy atom. The molecule has 0 saturated carbocycles. The second kappa shape index (κ2) is 3.34. The first-order valence-corrected chi connectivity index (χ1v) is 4.73. The van der Waals surface area contributed by atoms with Crippen LogP contribution in [0.4, 0.5) is 5.82 Å². The van der Waals surface area contributed by atoms with Crippen molar-refractivity contribution in [3.8, 4) is 6.07 Å². The van der Waals surface area contributed by atoms with Crippen LogP contribution in [0.5, 0.6) is 0 Å². The Labute approximate surface area is 90.5 Å². The summed E-state index contributed by atoms with van der Waals surface area (Å²) in [6.45, 7) is 3.69. The van der Waals surface area contributed by atoms with Crippen molar-refractivity contribution < 1.29 is 0 Å². The number of rotatable bonds is 1. The van der Waals surface area contributed by atoms with Gasteiger partial charge in [-0.15, -0.1) is 10.2 Å². The molecule has 0 amide bonds. The third kappa shape index (κ3) is 1.24. The molecule has 0 spiro atoms. The van der Waals surface area contributed by atoms with Crippen molar-refractivity contribution in [2.45, 2.75) is 19.8 Å². The molecule has 2 rings (SSSR count). The van der Waals surface area contributed by atoms with Gasteiger partial charge in [0.15, 0.2) is 5.65 Å². The number of aromatic amines is 1. The lowest BCUT2D eigenvalue weighted by Crippen LogP contribution is -2.23. The fourth-order valence-electron chi connectivity index (χ4n) is 1.43. The number of nitrogen functional groups attached to an aromatic ring is 1. The highest BCUT2D eigenvalue weighted by Gasteiger charge is 2.16. The number of fused-ring (bicyclic) bond motifs is 1. The van der Waals surface area contributed by atoms with Gasteiger partial charge in [0.25, 0.3) is 5.56 Å². The SMILES string of the molecule is CC(C)c1nnc2c(C#N)c(N)[nH]n2c1=O. The van der Waals surface area contributed by atoms with Crippen molar-refractivity contribution in [1.82, 2.24) is 19.8 Å². The van der Waals surface area contributed by atoms with E-state index in [0.717, 1.165) is 4.52 Å².